The van der Waals surface area contributed by atoms with Crippen molar-refractivity contribution in [3.8, 4) is 28.4 Å². The molecule has 0 fully saturated rings. The van der Waals surface area contributed by atoms with Gasteiger partial charge in [-0.05, 0) is 43.3 Å². The number of anilines is 1. The van der Waals surface area contributed by atoms with Crippen LogP contribution in [0.3, 0.4) is 0 Å². The molecule has 1 N–H and O–H groups in total. The Bertz CT molecular complexity index is 1250. The molecule has 2 aromatic carbocycles. The van der Waals surface area contributed by atoms with E-state index in [1.165, 1.54) is 16.1 Å². The fourth-order valence-electron chi connectivity index (χ4n) is 2.93. The minimum Gasteiger partial charge on any atom is -0.497 e. The van der Waals surface area contributed by atoms with Crippen molar-refractivity contribution < 1.29 is 14.3 Å². The molecular formula is C21H18ClN5O3S. The van der Waals surface area contributed by atoms with Crippen molar-refractivity contribution in [3.05, 3.63) is 64.3 Å². The highest BCUT2D eigenvalue weighted by Crippen LogP contribution is 2.35. The summed E-state index contributed by atoms with van der Waals surface area (Å²) in [4.78, 5) is 18.7. The zero-order valence-corrected chi connectivity index (χ0v) is 18.5. The molecule has 0 radical (unpaired) electrons. The fourth-order valence-corrected chi connectivity index (χ4v) is 3.82. The first-order valence-electron chi connectivity index (χ1n) is 9.17. The summed E-state index contributed by atoms with van der Waals surface area (Å²) in [5, 5.41) is 14.2. The van der Waals surface area contributed by atoms with Crippen LogP contribution in [0, 0.1) is 6.92 Å². The highest BCUT2D eigenvalue weighted by atomic mass is 35.5. The van der Waals surface area contributed by atoms with Gasteiger partial charge < -0.3 is 9.47 Å². The molecule has 2 aromatic heterocycles. The molecule has 0 aliphatic heterocycles. The molecule has 0 unspecified atom stereocenters. The van der Waals surface area contributed by atoms with Crippen molar-refractivity contribution in [3.63, 3.8) is 0 Å². The predicted octanol–water partition coefficient (Wildman–Crippen LogP) is 4.62. The molecule has 2 heterocycles. The maximum atomic E-state index is 12.8. The molecule has 31 heavy (non-hydrogen) atoms. The lowest BCUT2D eigenvalue weighted by Crippen LogP contribution is -2.14. The summed E-state index contributed by atoms with van der Waals surface area (Å²) in [6, 6.07) is 12.5. The summed E-state index contributed by atoms with van der Waals surface area (Å²) in [6.07, 6.45) is 0. The number of carbonyl (C=O) groups excluding carboxylic acids is 1. The van der Waals surface area contributed by atoms with E-state index in [4.69, 9.17) is 21.1 Å². The highest BCUT2D eigenvalue weighted by molar-refractivity contribution is 7.14. The van der Waals surface area contributed by atoms with Crippen LogP contribution in [-0.2, 0) is 0 Å². The van der Waals surface area contributed by atoms with E-state index in [1.54, 1.807) is 39.3 Å². The number of hydrogen-bond donors (Lipinski definition) is 1. The maximum Gasteiger partial charge on any atom is 0.279 e. The Hall–Kier alpha value is -3.43. The van der Waals surface area contributed by atoms with E-state index in [-0.39, 0.29) is 5.69 Å². The molecule has 4 aromatic rings. The van der Waals surface area contributed by atoms with Crippen molar-refractivity contribution in [2.24, 2.45) is 0 Å². The Kier molecular flexibility index (Phi) is 5.88. The zero-order chi connectivity index (χ0) is 22.0. The number of benzene rings is 2. The van der Waals surface area contributed by atoms with Gasteiger partial charge in [-0.1, -0.05) is 17.7 Å². The van der Waals surface area contributed by atoms with Crippen LogP contribution in [0.15, 0.2) is 47.8 Å². The molecule has 0 saturated heterocycles. The average Bonchev–Trinajstić information content (AvgIpc) is 3.40. The van der Waals surface area contributed by atoms with Gasteiger partial charge in [0.15, 0.2) is 10.8 Å². The number of aromatic nitrogens is 4. The zero-order valence-electron chi connectivity index (χ0n) is 16.9. The van der Waals surface area contributed by atoms with E-state index in [9.17, 15) is 4.79 Å². The van der Waals surface area contributed by atoms with Crippen LogP contribution in [0.5, 0.6) is 11.5 Å². The van der Waals surface area contributed by atoms with E-state index < -0.39 is 5.91 Å². The Balaban J connectivity index is 1.57. The summed E-state index contributed by atoms with van der Waals surface area (Å²) < 4.78 is 10.7. The number of methoxy groups -OCH3 is 2. The molecule has 158 valence electrons. The van der Waals surface area contributed by atoms with Crippen molar-refractivity contribution in [2.45, 2.75) is 6.92 Å². The smallest absolute Gasteiger partial charge is 0.279 e. The number of ether oxygens (including phenoxy) is 2. The number of carbonyl (C=O) groups is 1. The number of nitrogens with one attached hydrogen (secondary N) is 1. The van der Waals surface area contributed by atoms with Gasteiger partial charge in [-0.15, -0.1) is 16.4 Å². The third-order valence-electron chi connectivity index (χ3n) is 4.44. The standard InChI is InChI=1S/C21H18ClN5O3S/c1-12-19(26-27(25-12)14-6-4-5-13(22)9-14)20(28)24-21-23-17(11-31-21)16-10-15(29-2)7-8-18(16)30-3/h4-11H,1-3H3,(H,23,24,28). The van der Waals surface area contributed by atoms with Gasteiger partial charge in [0, 0.05) is 16.0 Å². The third kappa shape index (κ3) is 4.37. The second-order valence-electron chi connectivity index (χ2n) is 6.46. The summed E-state index contributed by atoms with van der Waals surface area (Å²) in [6.45, 7) is 1.72. The number of halogens is 1. The van der Waals surface area contributed by atoms with E-state index in [1.807, 2.05) is 29.6 Å². The van der Waals surface area contributed by atoms with Gasteiger partial charge in [0.25, 0.3) is 5.91 Å². The molecule has 0 aliphatic carbocycles. The third-order valence-corrected chi connectivity index (χ3v) is 5.44. The number of rotatable bonds is 6. The van der Waals surface area contributed by atoms with Gasteiger partial charge in [-0.3, -0.25) is 10.1 Å². The summed E-state index contributed by atoms with van der Waals surface area (Å²) >= 11 is 7.33. The fraction of sp³-hybridized carbons (Fsp3) is 0.143. The van der Waals surface area contributed by atoms with Gasteiger partial charge >= 0.3 is 0 Å². The van der Waals surface area contributed by atoms with Crippen molar-refractivity contribution in [2.75, 3.05) is 19.5 Å². The second-order valence-corrected chi connectivity index (χ2v) is 7.76. The normalized spacial score (nSPS) is 10.7. The van der Waals surface area contributed by atoms with Crippen LogP contribution < -0.4 is 14.8 Å². The Morgan fingerprint density at radius 3 is 2.71 bits per heavy atom. The lowest BCUT2D eigenvalue weighted by molar-refractivity contribution is 0.102. The number of thiazole rings is 1. The monoisotopic (exact) mass is 455 g/mol. The molecule has 0 spiro atoms. The van der Waals surface area contributed by atoms with Crippen LogP contribution >= 0.6 is 22.9 Å². The molecule has 0 aliphatic rings. The van der Waals surface area contributed by atoms with Gasteiger partial charge in [-0.2, -0.15) is 9.90 Å². The minimum absolute atomic E-state index is 0.204. The van der Waals surface area contributed by atoms with E-state index >= 15 is 0 Å². The molecule has 0 atom stereocenters. The summed E-state index contributed by atoms with van der Waals surface area (Å²) in [5.74, 6) is 0.941. The number of amides is 1. The minimum atomic E-state index is -0.399. The first kappa shape index (κ1) is 20.8. The second kappa shape index (κ2) is 8.75. The molecule has 1 amide bonds. The van der Waals surface area contributed by atoms with E-state index in [0.29, 0.717) is 38.7 Å². The highest BCUT2D eigenvalue weighted by Gasteiger charge is 2.19. The first-order chi connectivity index (χ1) is 15.0. The van der Waals surface area contributed by atoms with Crippen LogP contribution in [0.1, 0.15) is 16.2 Å². The summed E-state index contributed by atoms with van der Waals surface area (Å²) in [5.41, 5.74) is 2.78. The molecular weight excluding hydrogens is 438 g/mol. The summed E-state index contributed by atoms with van der Waals surface area (Å²) in [7, 11) is 3.18. The van der Waals surface area contributed by atoms with Crippen molar-refractivity contribution in [1.82, 2.24) is 20.0 Å². The Morgan fingerprint density at radius 2 is 1.97 bits per heavy atom. The first-order valence-corrected chi connectivity index (χ1v) is 10.4. The van der Waals surface area contributed by atoms with Gasteiger partial charge in [0.05, 0.1) is 31.3 Å². The Labute approximate surface area is 187 Å². The lowest BCUT2D eigenvalue weighted by Gasteiger charge is -2.08. The molecule has 0 saturated carbocycles. The molecule has 10 heteroatoms. The van der Waals surface area contributed by atoms with Gasteiger partial charge in [0.2, 0.25) is 0 Å². The predicted molar refractivity (Wildman–Crippen MR) is 120 cm³/mol. The number of hydrogen-bond acceptors (Lipinski definition) is 7. The number of nitrogens with zero attached hydrogens (tertiary/aromatic N) is 4. The van der Waals surface area contributed by atoms with Gasteiger partial charge in [0.1, 0.15) is 11.5 Å². The average molecular weight is 456 g/mol. The van der Waals surface area contributed by atoms with Crippen LogP contribution in [0.25, 0.3) is 16.9 Å². The Morgan fingerprint density at radius 1 is 1.13 bits per heavy atom. The molecule has 4 rings (SSSR count). The molecule has 0 bridgehead atoms. The lowest BCUT2D eigenvalue weighted by atomic mass is 10.1. The van der Waals surface area contributed by atoms with Crippen LogP contribution in [0.4, 0.5) is 5.13 Å². The quantitative estimate of drug-likeness (QED) is 0.456. The van der Waals surface area contributed by atoms with Crippen molar-refractivity contribution in [1.29, 1.82) is 0 Å². The van der Waals surface area contributed by atoms with Crippen molar-refractivity contribution >= 4 is 34.0 Å². The topological polar surface area (TPSA) is 91.2 Å². The SMILES string of the molecule is COc1ccc(OC)c(-c2csc(NC(=O)c3nn(-c4cccc(Cl)c4)nc3C)n2)c1. The van der Waals surface area contributed by atoms with E-state index in [2.05, 4.69) is 20.5 Å². The van der Waals surface area contributed by atoms with Crippen LogP contribution in [0.2, 0.25) is 5.02 Å². The maximum absolute atomic E-state index is 12.8. The largest absolute Gasteiger partial charge is 0.497 e. The number of aryl methyl sites for hydroxylation is 1. The van der Waals surface area contributed by atoms with Crippen LogP contribution in [-0.4, -0.2) is 40.1 Å². The van der Waals surface area contributed by atoms with Gasteiger partial charge in [-0.25, -0.2) is 4.98 Å². The van der Waals surface area contributed by atoms with E-state index in [0.717, 1.165) is 5.56 Å². The molecule has 8 nitrogen and oxygen atoms in total.